The van der Waals surface area contributed by atoms with Gasteiger partial charge in [0.25, 0.3) is 0 Å². The Morgan fingerprint density at radius 3 is 2.92 bits per heavy atom. The molecule has 70 valence electrons. The molecule has 1 heterocycles. The Bertz CT molecular complexity index is 179. The van der Waals surface area contributed by atoms with E-state index >= 15 is 0 Å². The van der Waals surface area contributed by atoms with Gasteiger partial charge in [0.2, 0.25) is 0 Å². The third kappa shape index (κ3) is 1.97. The molecule has 3 nitrogen and oxygen atoms in total. The summed E-state index contributed by atoms with van der Waals surface area (Å²) in [5, 5.41) is 0. The van der Waals surface area contributed by atoms with Gasteiger partial charge in [0.15, 0.2) is 0 Å². The van der Waals surface area contributed by atoms with Gasteiger partial charge in [-0.05, 0) is 6.42 Å². The van der Waals surface area contributed by atoms with Gasteiger partial charge in [-0.15, -0.1) is 0 Å². The van der Waals surface area contributed by atoms with Crippen molar-refractivity contribution in [1.29, 1.82) is 0 Å². The number of ether oxygens (including phenoxy) is 2. The SMILES string of the molecule is COC[C@@]1(C)COC(=O)[C@@H](C)C1. The van der Waals surface area contributed by atoms with Gasteiger partial charge in [0, 0.05) is 12.5 Å². The molecule has 12 heavy (non-hydrogen) atoms. The maximum Gasteiger partial charge on any atom is 0.308 e. The Hall–Kier alpha value is -0.570. The third-order valence-electron chi connectivity index (χ3n) is 2.26. The molecule has 0 bridgehead atoms. The summed E-state index contributed by atoms with van der Waals surface area (Å²) in [6.45, 7) is 5.13. The van der Waals surface area contributed by atoms with Crippen molar-refractivity contribution in [3.05, 3.63) is 0 Å². The molecule has 0 unspecified atom stereocenters. The lowest BCUT2D eigenvalue weighted by molar-refractivity contribution is -0.162. The number of methoxy groups -OCH3 is 1. The summed E-state index contributed by atoms with van der Waals surface area (Å²) >= 11 is 0. The number of carbonyl (C=O) groups excluding carboxylic acids is 1. The molecule has 3 heteroatoms. The quantitative estimate of drug-likeness (QED) is 0.587. The first-order chi connectivity index (χ1) is 5.57. The number of esters is 1. The van der Waals surface area contributed by atoms with Crippen LogP contribution in [0.2, 0.25) is 0 Å². The summed E-state index contributed by atoms with van der Waals surface area (Å²) in [6.07, 6.45) is 0.861. The molecule has 0 aromatic carbocycles. The highest BCUT2D eigenvalue weighted by atomic mass is 16.5. The fourth-order valence-electron chi connectivity index (χ4n) is 1.72. The number of hydrogen-bond donors (Lipinski definition) is 0. The minimum atomic E-state index is -0.0800. The molecule has 1 fully saturated rings. The normalized spacial score (nSPS) is 36.2. The Kier molecular flexibility index (Phi) is 2.73. The highest BCUT2D eigenvalue weighted by Gasteiger charge is 2.36. The van der Waals surface area contributed by atoms with E-state index in [0.29, 0.717) is 13.2 Å². The monoisotopic (exact) mass is 172 g/mol. The van der Waals surface area contributed by atoms with Crippen molar-refractivity contribution in [3.8, 4) is 0 Å². The van der Waals surface area contributed by atoms with Crippen molar-refractivity contribution >= 4 is 5.97 Å². The summed E-state index contributed by atoms with van der Waals surface area (Å²) in [5.74, 6) is -0.0671. The first-order valence-electron chi connectivity index (χ1n) is 4.23. The van der Waals surface area contributed by atoms with E-state index in [1.807, 2.05) is 6.92 Å². The first kappa shape index (κ1) is 9.52. The lowest BCUT2D eigenvalue weighted by Crippen LogP contribution is -2.39. The molecule has 0 radical (unpaired) electrons. The average Bonchev–Trinajstić information content (AvgIpc) is 1.98. The van der Waals surface area contributed by atoms with Crippen molar-refractivity contribution in [2.24, 2.45) is 11.3 Å². The minimum absolute atomic E-state index is 0.0129. The van der Waals surface area contributed by atoms with E-state index in [-0.39, 0.29) is 17.3 Å². The van der Waals surface area contributed by atoms with Gasteiger partial charge in [-0.1, -0.05) is 13.8 Å². The second-order valence-electron chi connectivity index (χ2n) is 3.96. The average molecular weight is 172 g/mol. The molecule has 1 aliphatic heterocycles. The molecule has 1 aliphatic rings. The summed E-state index contributed by atoms with van der Waals surface area (Å²) in [5.41, 5.74) is 0.0159. The molecule has 2 atom stereocenters. The van der Waals surface area contributed by atoms with Crippen LogP contribution in [0.3, 0.4) is 0 Å². The van der Waals surface area contributed by atoms with Crippen LogP contribution in [-0.4, -0.2) is 26.3 Å². The second-order valence-corrected chi connectivity index (χ2v) is 3.96. The highest BCUT2D eigenvalue weighted by molar-refractivity contribution is 5.72. The van der Waals surface area contributed by atoms with E-state index in [1.54, 1.807) is 7.11 Å². The Balaban J connectivity index is 2.54. The zero-order valence-corrected chi connectivity index (χ0v) is 7.92. The summed E-state index contributed by atoms with van der Waals surface area (Å²) in [7, 11) is 1.67. The number of carbonyl (C=O) groups is 1. The van der Waals surface area contributed by atoms with E-state index in [9.17, 15) is 4.79 Å². The molecule has 0 amide bonds. The van der Waals surface area contributed by atoms with Gasteiger partial charge in [0.1, 0.15) is 0 Å². The molecule has 0 aliphatic carbocycles. The van der Waals surface area contributed by atoms with Crippen LogP contribution in [0, 0.1) is 11.3 Å². The lowest BCUT2D eigenvalue weighted by Gasteiger charge is -2.34. The largest absolute Gasteiger partial charge is 0.465 e. The van der Waals surface area contributed by atoms with Gasteiger partial charge in [-0.2, -0.15) is 0 Å². The van der Waals surface area contributed by atoms with E-state index in [1.165, 1.54) is 0 Å². The van der Waals surface area contributed by atoms with Crippen LogP contribution in [0.15, 0.2) is 0 Å². The lowest BCUT2D eigenvalue weighted by atomic mass is 9.81. The maximum atomic E-state index is 11.0. The zero-order valence-electron chi connectivity index (χ0n) is 7.92. The first-order valence-corrected chi connectivity index (χ1v) is 4.23. The zero-order chi connectivity index (χ0) is 9.19. The Labute approximate surface area is 73.0 Å². The smallest absolute Gasteiger partial charge is 0.308 e. The highest BCUT2D eigenvalue weighted by Crippen LogP contribution is 2.31. The van der Waals surface area contributed by atoms with E-state index in [4.69, 9.17) is 9.47 Å². The molecule has 0 saturated carbocycles. The molecule has 0 N–H and O–H groups in total. The van der Waals surface area contributed by atoms with E-state index in [0.717, 1.165) is 6.42 Å². The molecule has 0 aromatic rings. The van der Waals surface area contributed by atoms with Crippen LogP contribution < -0.4 is 0 Å². The fourth-order valence-corrected chi connectivity index (χ4v) is 1.72. The molecule has 1 saturated heterocycles. The Morgan fingerprint density at radius 1 is 1.75 bits per heavy atom. The van der Waals surface area contributed by atoms with E-state index in [2.05, 4.69) is 6.92 Å². The summed E-state index contributed by atoms with van der Waals surface area (Å²) in [4.78, 5) is 11.0. The van der Waals surface area contributed by atoms with Crippen LogP contribution in [0.25, 0.3) is 0 Å². The number of hydrogen-bond acceptors (Lipinski definition) is 3. The van der Waals surface area contributed by atoms with Crippen LogP contribution in [0.5, 0.6) is 0 Å². The predicted molar refractivity (Wildman–Crippen MR) is 44.7 cm³/mol. The maximum absolute atomic E-state index is 11.0. The standard InChI is InChI=1S/C9H16O3/c1-7-4-9(2,5-11-3)6-12-8(7)10/h7H,4-6H2,1-3H3/t7-,9-/m0/s1. The summed E-state index contributed by atoms with van der Waals surface area (Å²) in [6, 6.07) is 0. The van der Waals surface area contributed by atoms with Gasteiger partial charge >= 0.3 is 5.97 Å². The molecule has 0 aromatic heterocycles. The van der Waals surface area contributed by atoms with Crippen LogP contribution >= 0.6 is 0 Å². The number of rotatable bonds is 2. The van der Waals surface area contributed by atoms with Crippen molar-refractivity contribution in [3.63, 3.8) is 0 Å². The van der Waals surface area contributed by atoms with Crippen molar-refractivity contribution < 1.29 is 14.3 Å². The minimum Gasteiger partial charge on any atom is -0.465 e. The van der Waals surface area contributed by atoms with Gasteiger partial charge in [-0.25, -0.2) is 0 Å². The topological polar surface area (TPSA) is 35.5 Å². The summed E-state index contributed by atoms with van der Waals surface area (Å²) < 4.78 is 10.1. The molecule has 1 rings (SSSR count). The van der Waals surface area contributed by atoms with Gasteiger partial charge in [-0.3, -0.25) is 4.79 Å². The Morgan fingerprint density at radius 2 is 2.42 bits per heavy atom. The van der Waals surface area contributed by atoms with Crippen LogP contribution in [0.4, 0.5) is 0 Å². The molecular formula is C9H16O3. The van der Waals surface area contributed by atoms with Crippen molar-refractivity contribution in [1.82, 2.24) is 0 Å². The predicted octanol–water partition coefficient (Wildman–Crippen LogP) is 1.22. The number of cyclic esters (lactones) is 1. The van der Waals surface area contributed by atoms with Gasteiger partial charge < -0.3 is 9.47 Å². The van der Waals surface area contributed by atoms with Crippen LogP contribution in [0.1, 0.15) is 20.3 Å². The van der Waals surface area contributed by atoms with Crippen molar-refractivity contribution in [2.45, 2.75) is 20.3 Å². The second kappa shape index (κ2) is 3.44. The third-order valence-corrected chi connectivity index (χ3v) is 2.26. The van der Waals surface area contributed by atoms with Crippen molar-refractivity contribution in [2.75, 3.05) is 20.3 Å². The van der Waals surface area contributed by atoms with Crippen LogP contribution in [-0.2, 0) is 14.3 Å². The fraction of sp³-hybridized carbons (Fsp3) is 0.889. The van der Waals surface area contributed by atoms with E-state index < -0.39 is 0 Å². The molecular weight excluding hydrogens is 156 g/mol. The molecule has 0 spiro atoms. The van der Waals surface area contributed by atoms with Gasteiger partial charge in [0.05, 0.1) is 19.1 Å².